The van der Waals surface area contributed by atoms with Crippen LogP contribution in [0.2, 0.25) is 0 Å². The first kappa shape index (κ1) is 6.56. The van der Waals surface area contributed by atoms with Crippen molar-refractivity contribution >= 4 is 0 Å². The van der Waals surface area contributed by atoms with Gasteiger partial charge in [0, 0.05) is 5.92 Å². The Labute approximate surface area is 59.6 Å². The summed E-state index contributed by atoms with van der Waals surface area (Å²) >= 11 is 0. The van der Waals surface area contributed by atoms with E-state index in [2.05, 4.69) is 0 Å². The Hall–Kier alpha value is -0.140. The molecule has 0 aromatic heterocycles. The second-order valence-corrected chi connectivity index (χ2v) is 3.67. The highest BCUT2D eigenvalue weighted by Gasteiger charge is 2.43. The van der Waals surface area contributed by atoms with Crippen LogP contribution in [0.1, 0.15) is 25.7 Å². The fourth-order valence-corrected chi connectivity index (χ4v) is 2.60. The molecule has 0 heterocycles. The van der Waals surface area contributed by atoms with Crippen LogP contribution in [0.5, 0.6) is 0 Å². The van der Waals surface area contributed by atoms with Crippen molar-refractivity contribution in [1.82, 2.24) is 0 Å². The fourth-order valence-electron chi connectivity index (χ4n) is 2.60. The smallest absolute Gasteiger partial charge is 0.210 e. The molecule has 0 radical (unpaired) electrons. The molecule has 3 atom stereocenters. The first-order valence-electron chi connectivity index (χ1n) is 4.05. The first-order chi connectivity index (χ1) is 4.77. The lowest BCUT2D eigenvalue weighted by Gasteiger charge is -2.19. The van der Waals surface area contributed by atoms with Crippen molar-refractivity contribution in [3.63, 3.8) is 0 Å². The highest BCUT2D eigenvalue weighted by molar-refractivity contribution is 4.90. The molecule has 0 saturated heterocycles. The van der Waals surface area contributed by atoms with Gasteiger partial charge in [-0.05, 0) is 31.1 Å². The summed E-state index contributed by atoms with van der Waals surface area (Å²) in [7, 11) is 0. The lowest BCUT2D eigenvalue weighted by molar-refractivity contribution is 0.0464. The molecule has 0 nitrogen and oxygen atoms in total. The normalized spacial score (nSPS) is 45.3. The Morgan fingerprint density at radius 1 is 1.10 bits per heavy atom. The molecule has 2 aliphatic rings. The maximum Gasteiger partial charge on any atom is 0.241 e. The standard InChI is InChI=1S/C8H12F2/c9-8(10)7-4-5-1-2-6(7)3-5/h5-8H,1-4H2/t5-,6+,7+/m1/s1. The van der Waals surface area contributed by atoms with E-state index in [1.54, 1.807) is 0 Å². The Balaban J connectivity index is 2.02. The average molecular weight is 146 g/mol. The molecule has 0 aromatic carbocycles. The van der Waals surface area contributed by atoms with Crippen LogP contribution in [0, 0.1) is 17.8 Å². The second-order valence-electron chi connectivity index (χ2n) is 3.67. The van der Waals surface area contributed by atoms with Crippen molar-refractivity contribution in [3.05, 3.63) is 0 Å². The van der Waals surface area contributed by atoms with Crippen LogP contribution in [0.4, 0.5) is 8.78 Å². The van der Waals surface area contributed by atoms with Crippen LogP contribution in [-0.4, -0.2) is 6.43 Å². The molecule has 58 valence electrons. The molecule has 0 N–H and O–H groups in total. The van der Waals surface area contributed by atoms with Crippen LogP contribution in [0.3, 0.4) is 0 Å². The van der Waals surface area contributed by atoms with Crippen molar-refractivity contribution in [1.29, 1.82) is 0 Å². The quantitative estimate of drug-likeness (QED) is 0.533. The number of rotatable bonds is 1. The van der Waals surface area contributed by atoms with E-state index in [0.29, 0.717) is 11.8 Å². The molecule has 2 saturated carbocycles. The van der Waals surface area contributed by atoms with E-state index in [9.17, 15) is 8.78 Å². The predicted octanol–water partition coefficient (Wildman–Crippen LogP) is 2.69. The monoisotopic (exact) mass is 146 g/mol. The molecule has 0 amide bonds. The maximum absolute atomic E-state index is 12.2. The first-order valence-corrected chi connectivity index (χ1v) is 4.05. The van der Waals surface area contributed by atoms with Gasteiger partial charge in [-0.15, -0.1) is 0 Å². The number of halogens is 2. The second kappa shape index (κ2) is 2.18. The van der Waals surface area contributed by atoms with E-state index < -0.39 is 6.43 Å². The zero-order valence-corrected chi connectivity index (χ0v) is 5.89. The summed E-state index contributed by atoms with van der Waals surface area (Å²) in [6.45, 7) is 0. The summed E-state index contributed by atoms with van der Waals surface area (Å²) in [6.07, 6.45) is 2.14. The summed E-state index contributed by atoms with van der Waals surface area (Å²) in [4.78, 5) is 0. The van der Waals surface area contributed by atoms with Gasteiger partial charge in [0.1, 0.15) is 0 Å². The Morgan fingerprint density at radius 3 is 2.20 bits per heavy atom. The fraction of sp³-hybridized carbons (Fsp3) is 1.00. The van der Waals surface area contributed by atoms with Gasteiger partial charge in [0.2, 0.25) is 6.43 Å². The molecule has 0 aliphatic heterocycles. The van der Waals surface area contributed by atoms with Gasteiger partial charge >= 0.3 is 0 Å². The van der Waals surface area contributed by atoms with E-state index >= 15 is 0 Å². The van der Waals surface area contributed by atoms with Crippen LogP contribution in [0.15, 0.2) is 0 Å². The summed E-state index contributed by atoms with van der Waals surface area (Å²) in [5.41, 5.74) is 0. The lowest BCUT2D eigenvalue weighted by Crippen LogP contribution is -2.18. The Kier molecular flexibility index (Phi) is 1.43. The molecule has 2 heteroatoms. The van der Waals surface area contributed by atoms with Crippen molar-refractivity contribution in [2.45, 2.75) is 32.1 Å². The van der Waals surface area contributed by atoms with Crippen molar-refractivity contribution in [2.24, 2.45) is 17.8 Å². The van der Waals surface area contributed by atoms with Crippen molar-refractivity contribution in [3.8, 4) is 0 Å². The Morgan fingerprint density at radius 2 is 1.90 bits per heavy atom. The van der Waals surface area contributed by atoms with E-state index in [-0.39, 0.29) is 5.92 Å². The van der Waals surface area contributed by atoms with Crippen LogP contribution < -0.4 is 0 Å². The van der Waals surface area contributed by atoms with Crippen LogP contribution >= 0.6 is 0 Å². The lowest BCUT2D eigenvalue weighted by atomic mass is 9.89. The van der Waals surface area contributed by atoms with Gasteiger partial charge in [-0.25, -0.2) is 8.78 Å². The number of alkyl halides is 2. The topological polar surface area (TPSA) is 0 Å². The predicted molar refractivity (Wildman–Crippen MR) is 34.9 cm³/mol. The van der Waals surface area contributed by atoms with Crippen molar-refractivity contribution in [2.75, 3.05) is 0 Å². The van der Waals surface area contributed by atoms with Gasteiger partial charge < -0.3 is 0 Å². The van der Waals surface area contributed by atoms with Crippen LogP contribution in [0.25, 0.3) is 0 Å². The minimum Gasteiger partial charge on any atom is -0.210 e. The highest BCUT2D eigenvalue weighted by atomic mass is 19.3. The van der Waals surface area contributed by atoms with Gasteiger partial charge in [-0.2, -0.15) is 0 Å². The third kappa shape index (κ3) is 0.850. The SMILES string of the molecule is FC(F)[C@H]1C[C@@H]2CC[C@H]1C2. The molecule has 0 unspecified atom stereocenters. The summed E-state index contributed by atoms with van der Waals surface area (Å²) in [5, 5.41) is 0. The van der Waals surface area contributed by atoms with E-state index in [4.69, 9.17) is 0 Å². The third-order valence-electron chi connectivity index (χ3n) is 3.12. The van der Waals surface area contributed by atoms with Gasteiger partial charge in [0.15, 0.2) is 0 Å². The molecule has 2 aliphatic carbocycles. The van der Waals surface area contributed by atoms with Gasteiger partial charge in [-0.1, -0.05) is 6.42 Å². The maximum atomic E-state index is 12.2. The minimum atomic E-state index is -2.05. The minimum absolute atomic E-state index is 0.237. The molecule has 2 rings (SSSR count). The molecular weight excluding hydrogens is 134 g/mol. The van der Waals surface area contributed by atoms with Crippen LogP contribution in [-0.2, 0) is 0 Å². The summed E-state index contributed by atoms with van der Waals surface area (Å²) < 4.78 is 24.4. The molecule has 2 bridgehead atoms. The number of hydrogen-bond donors (Lipinski definition) is 0. The highest BCUT2D eigenvalue weighted by Crippen LogP contribution is 2.50. The largest absolute Gasteiger partial charge is 0.241 e. The zero-order chi connectivity index (χ0) is 7.14. The van der Waals surface area contributed by atoms with Gasteiger partial charge in [0.25, 0.3) is 0 Å². The molecular formula is C8H12F2. The molecule has 10 heavy (non-hydrogen) atoms. The van der Waals surface area contributed by atoms with E-state index in [1.165, 1.54) is 6.42 Å². The van der Waals surface area contributed by atoms with E-state index in [1.807, 2.05) is 0 Å². The number of fused-ring (bicyclic) bond motifs is 2. The van der Waals surface area contributed by atoms with E-state index in [0.717, 1.165) is 19.3 Å². The number of hydrogen-bond acceptors (Lipinski definition) is 0. The van der Waals surface area contributed by atoms with Gasteiger partial charge in [0.05, 0.1) is 0 Å². The average Bonchev–Trinajstić information content (AvgIpc) is 2.44. The summed E-state index contributed by atoms with van der Waals surface area (Å²) in [5.74, 6) is 0.799. The summed E-state index contributed by atoms with van der Waals surface area (Å²) in [6, 6.07) is 0. The third-order valence-corrected chi connectivity index (χ3v) is 3.12. The zero-order valence-electron chi connectivity index (χ0n) is 5.89. The van der Waals surface area contributed by atoms with Crippen molar-refractivity contribution < 1.29 is 8.78 Å². The molecule has 0 spiro atoms. The van der Waals surface area contributed by atoms with Gasteiger partial charge in [-0.3, -0.25) is 0 Å². The molecule has 2 fully saturated rings. The molecule has 0 aromatic rings. The Bertz CT molecular complexity index is 133.